The fraction of sp³-hybridized carbons (Fsp3) is 0.0370. The second-order valence-electron chi connectivity index (χ2n) is 7.92. The molecule has 1 aromatic heterocycles. The summed E-state index contributed by atoms with van der Waals surface area (Å²) in [5.74, 6) is -0.253. The summed E-state index contributed by atoms with van der Waals surface area (Å²) in [4.78, 5) is 19.7. The Kier molecular flexibility index (Phi) is 5.68. The number of benzene rings is 4. The van der Waals surface area contributed by atoms with Gasteiger partial charge in [0.15, 0.2) is 5.58 Å². The lowest BCUT2D eigenvalue weighted by molar-refractivity contribution is -0.385. The van der Waals surface area contributed by atoms with Gasteiger partial charge in [-0.1, -0.05) is 42.5 Å². The quantitative estimate of drug-likeness (QED) is 0.176. The number of nitro groups is 1. The summed E-state index contributed by atoms with van der Waals surface area (Å²) in [6.45, 7) is 0. The van der Waals surface area contributed by atoms with Gasteiger partial charge in [-0.2, -0.15) is 0 Å². The summed E-state index contributed by atoms with van der Waals surface area (Å²) in [6.07, 6.45) is 1.82. The largest absolute Gasteiger partial charge is 0.507 e. The number of aliphatic imine (C=N–C) groups is 1. The van der Waals surface area contributed by atoms with Gasteiger partial charge in [0.1, 0.15) is 11.3 Å². The Hall–Kier alpha value is -4.98. The van der Waals surface area contributed by atoms with Crippen molar-refractivity contribution in [2.24, 2.45) is 4.99 Å². The Morgan fingerprint density at radius 3 is 2.49 bits per heavy atom. The van der Waals surface area contributed by atoms with Crippen LogP contribution in [0, 0.1) is 10.1 Å². The van der Waals surface area contributed by atoms with E-state index in [1.807, 2.05) is 42.5 Å². The van der Waals surface area contributed by atoms with Crippen LogP contribution in [0.3, 0.4) is 0 Å². The molecule has 35 heavy (non-hydrogen) atoms. The van der Waals surface area contributed by atoms with Crippen LogP contribution in [0.15, 0.2) is 94.3 Å². The molecule has 0 aliphatic carbocycles. The maximum atomic E-state index is 11.5. The molecule has 0 bridgehead atoms. The molecule has 2 N–H and O–H groups in total. The highest BCUT2D eigenvalue weighted by Gasteiger charge is 2.19. The number of hydrogen-bond acceptors (Lipinski definition) is 7. The molecule has 0 spiro atoms. The third-order valence-electron chi connectivity index (χ3n) is 5.48. The van der Waals surface area contributed by atoms with E-state index in [2.05, 4.69) is 9.98 Å². The Balaban J connectivity index is 1.50. The number of para-hydroxylation sites is 2. The Morgan fingerprint density at radius 2 is 1.71 bits per heavy atom. The third-order valence-corrected chi connectivity index (χ3v) is 5.48. The highest BCUT2D eigenvalue weighted by atomic mass is 16.6. The molecule has 8 nitrogen and oxygen atoms in total. The van der Waals surface area contributed by atoms with E-state index in [1.165, 1.54) is 18.3 Å². The molecule has 0 atom stereocenters. The molecule has 0 radical (unpaired) electrons. The van der Waals surface area contributed by atoms with Crippen molar-refractivity contribution in [3.05, 3.63) is 112 Å². The highest BCUT2D eigenvalue weighted by molar-refractivity contribution is 5.88. The van der Waals surface area contributed by atoms with Crippen molar-refractivity contribution < 1.29 is 19.6 Å². The molecule has 0 aliphatic rings. The van der Waals surface area contributed by atoms with Crippen molar-refractivity contribution >= 4 is 28.7 Å². The van der Waals surface area contributed by atoms with Gasteiger partial charge in [0.05, 0.1) is 16.2 Å². The molecule has 0 saturated carbocycles. The summed E-state index contributed by atoms with van der Waals surface area (Å²) in [6, 6.07) is 24.5. The van der Waals surface area contributed by atoms with Gasteiger partial charge in [0.2, 0.25) is 11.6 Å². The molecule has 0 amide bonds. The lowest BCUT2D eigenvalue weighted by Crippen LogP contribution is -1.97. The smallest absolute Gasteiger partial charge is 0.311 e. The molecule has 8 heteroatoms. The van der Waals surface area contributed by atoms with E-state index in [4.69, 9.17) is 4.42 Å². The van der Waals surface area contributed by atoms with Crippen molar-refractivity contribution in [3.63, 3.8) is 0 Å². The Morgan fingerprint density at radius 1 is 0.943 bits per heavy atom. The number of fused-ring (bicyclic) bond motifs is 1. The molecule has 0 unspecified atom stereocenters. The van der Waals surface area contributed by atoms with Crippen LogP contribution >= 0.6 is 0 Å². The van der Waals surface area contributed by atoms with E-state index in [-0.39, 0.29) is 17.2 Å². The first-order valence-electron chi connectivity index (χ1n) is 10.7. The maximum absolute atomic E-state index is 11.5. The molecule has 0 saturated heterocycles. The molecule has 1 heterocycles. The predicted molar refractivity (Wildman–Crippen MR) is 132 cm³/mol. The topological polar surface area (TPSA) is 122 Å². The Labute approximate surface area is 199 Å². The van der Waals surface area contributed by atoms with Gasteiger partial charge >= 0.3 is 5.69 Å². The summed E-state index contributed by atoms with van der Waals surface area (Å²) in [5.41, 5.74) is 3.50. The standard InChI is InChI=1S/C27H19N3O5/c31-24-11-10-20(15-21(24)27-29-22-8-4-5-9-25(22)35-27)28-16-19-13-18(12-17-6-2-1-3-7-17)14-23(26(19)32)30(33)34/h1-11,13-16,31-32H,12H2. The second-order valence-corrected chi connectivity index (χ2v) is 7.92. The van der Waals surface area contributed by atoms with E-state index in [1.54, 1.807) is 30.3 Å². The van der Waals surface area contributed by atoms with Crippen LogP contribution in [0.5, 0.6) is 11.5 Å². The summed E-state index contributed by atoms with van der Waals surface area (Å²) in [5, 5.41) is 32.4. The maximum Gasteiger partial charge on any atom is 0.311 e. The summed E-state index contributed by atoms with van der Waals surface area (Å²) < 4.78 is 5.75. The fourth-order valence-electron chi connectivity index (χ4n) is 3.78. The van der Waals surface area contributed by atoms with E-state index in [0.29, 0.717) is 34.3 Å². The third kappa shape index (κ3) is 4.58. The fourth-order valence-corrected chi connectivity index (χ4v) is 3.78. The molecule has 4 aromatic carbocycles. The molecular weight excluding hydrogens is 446 g/mol. The van der Waals surface area contributed by atoms with Crippen LogP contribution in [-0.4, -0.2) is 26.3 Å². The minimum absolute atomic E-state index is 0.0288. The molecule has 0 fully saturated rings. The van der Waals surface area contributed by atoms with Gasteiger partial charge in [-0.3, -0.25) is 15.1 Å². The van der Waals surface area contributed by atoms with Gasteiger partial charge in [-0.25, -0.2) is 4.98 Å². The lowest BCUT2D eigenvalue weighted by atomic mass is 10.0. The number of oxazole rings is 1. The zero-order chi connectivity index (χ0) is 24.4. The van der Waals surface area contributed by atoms with Crippen LogP contribution < -0.4 is 0 Å². The van der Waals surface area contributed by atoms with Crippen LogP contribution in [0.25, 0.3) is 22.6 Å². The van der Waals surface area contributed by atoms with Crippen molar-refractivity contribution in [2.45, 2.75) is 6.42 Å². The molecule has 172 valence electrons. The SMILES string of the molecule is O=[N+]([O-])c1cc(Cc2ccccc2)cc(C=Nc2ccc(O)c(-c3nc4ccccc4o3)c2)c1O. The molecule has 5 aromatic rings. The normalized spacial score (nSPS) is 11.3. The van der Waals surface area contributed by atoms with Gasteiger partial charge in [0, 0.05) is 17.8 Å². The van der Waals surface area contributed by atoms with E-state index < -0.39 is 16.4 Å². The number of hydrogen-bond donors (Lipinski definition) is 2. The number of phenols is 2. The van der Waals surface area contributed by atoms with Crippen molar-refractivity contribution in [1.82, 2.24) is 4.98 Å². The average molecular weight is 465 g/mol. The monoisotopic (exact) mass is 465 g/mol. The predicted octanol–water partition coefficient (Wildman–Crippen LogP) is 6.16. The summed E-state index contributed by atoms with van der Waals surface area (Å²) >= 11 is 0. The molecule has 5 rings (SSSR count). The van der Waals surface area contributed by atoms with Gasteiger partial charge < -0.3 is 14.6 Å². The highest BCUT2D eigenvalue weighted by Crippen LogP contribution is 2.35. The van der Waals surface area contributed by atoms with Crippen LogP contribution in [0.1, 0.15) is 16.7 Å². The van der Waals surface area contributed by atoms with Crippen molar-refractivity contribution in [1.29, 1.82) is 0 Å². The number of rotatable bonds is 6. The number of phenolic OH excluding ortho intramolecular Hbond substituents is 2. The minimum atomic E-state index is -0.618. The Bertz CT molecular complexity index is 1540. The van der Waals surface area contributed by atoms with Crippen molar-refractivity contribution in [3.8, 4) is 23.0 Å². The van der Waals surface area contributed by atoms with Gasteiger partial charge in [-0.05, 0) is 53.9 Å². The zero-order valence-corrected chi connectivity index (χ0v) is 18.3. The van der Waals surface area contributed by atoms with Gasteiger partial charge in [0.25, 0.3) is 0 Å². The van der Waals surface area contributed by atoms with E-state index in [0.717, 1.165) is 5.56 Å². The van der Waals surface area contributed by atoms with E-state index >= 15 is 0 Å². The van der Waals surface area contributed by atoms with Crippen LogP contribution in [0.4, 0.5) is 11.4 Å². The van der Waals surface area contributed by atoms with Crippen LogP contribution in [0.2, 0.25) is 0 Å². The second kappa shape index (κ2) is 9.11. The van der Waals surface area contributed by atoms with E-state index in [9.17, 15) is 20.3 Å². The number of nitrogens with zero attached hydrogens (tertiary/aromatic N) is 3. The van der Waals surface area contributed by atoms with Crippen LogP contribution in [-0.2, 0) is 6.42 Å². The average Bonchev–Trinajstić information content (AvgIpc) is 3.29. The number of aromatic hydroxyl groups is 2. The summed E-state index contributed by atoms with van der Waals surface area (Å²) in [7, 11) is 0. The molecule has 0 aliphatic heterocycles. The number of aromatic nitrogens is 1. The number of nitro benzene ring substituents is 1. The lowest BCUT2D eigenvalue weighted by Gasteiger charge is -2.07. The first kappa shape index (κ1) is 21.8. The first-order chi connectivity index (χ1) is 17.0. The van der Waals surface area contributed by atoms with Gasteiger partial charge in [-0.15, -0.1) is 0 Å². The molecular formula is C27H19N3O5. The minimum Gasteiger partial charge on any atom is -0.507 e. The van der Waals surface area contributed by atoms with Crippen molar-refractivity contribution in [2.75, 3.05) is 0 Å². The zero-order valence-electron chi connectivity index (χ0n) is 18.3. The first-order valence-corrected chi connectivity index (χ1v) is 10.7.